The second-order valence-corrected chi connectivity index (χ2v) is 19.8. The number of rotatable bonds is 49. The van der Waals surface area contributed by atoms with Crippen molar-refractivity contribution >= 4 is 17.9 Å². The summed E-state index contributed by atoms with van der Waals surface area (Å²) in [5.74, 6) is 0.838. The lowest BCUT2D eigenvalue weighted by molar-refractivity contribution is -0.167. The molecule has 0 fully saturated rings. The number of ether oxygens (including phenoxy) is 3. The Morgan fingerprint density at radius 3 is 0.803 bits per heavy atom. The predicted octanol–water partition coefficient (Wildman–Crippen LogP) is 17.7. The fourth-order valence-corrected chi connectivity index (χ4v) is 8.34. The number of carbonyl (C=O) groups excluding carboxylic acids is 3. The molecule has 0 aromatic carbocycles. The van der Waals surface area contributed by atoms with Crippen LogP contribution in [-0.2, 0) is 28.6 Å². The first-order chi connectivity index (χ1) is 29.7. The van der Waals surface area contributed by atoms with Gasteiger partial charge in [0, 0.05) is 19.3 Å². The molecule has 0 aliphatic rings. The molecule has 0 bridgehead atoms. The maximum atomic E-state index is 12.8. The van der Waals surface area contributed by atoms with Crippen molar-refractivity contribution in [3.05, 3.63) is 0 Å². The average molecular weight is 863 g/mol. The first kappa shape index (κ1) is 59.4. The van der Waals surface area contributed by atoms with Crippen molar-refractivity contribution in [2.75, 3.05) is 13.2 Å². The number of carbonyl (C=O) groups is 3. The van der Waals surface area contributed by atoms with E-state index in [1.165, 1.54) is 193 Å². The molecule has 0 saturated heterocycles. The van der Waals surface area contributed by atoms with E-state index >= 15 is 0 Å². The van der Waals surface area contributed by atoms with E-state index in [4.69, 9.17) is 14.2 Å². The van der Waals surface area contributed by atoms with Gasteiger partial charge in [0.15, 0.2) is 6.10 Å². The number of unbranched alkanes of at least 4 members (excludes halogenated alkanes) is 34. The highest BCUT2D eigenvalue weighted by Crippen LogP contribution is 2.18. The van der Waals surface area contributed by atoms with Gasteiger partial charge < -0.3 is 14.2 Å². The van der Waals surface area contributed by atoms with E-state index in [1.54, 1.807) is 0 Å². The van der Waals surface area contributed by atoms with E-state index in [2.05, 4.69) is 34.6 Å². The van der Waals surface area contributed by atoms with Gasteiger partial charge in [-0.2, -0.15) is 0 Å². The van der Waals surface area contributed by atoms with E-state index in [0.29, 0.717) is 19.3 Å². The van der Waals surface area contributed by atoms with Crippen LogP contribution >= 0.6 is 0 Å². The molecule has 0 N–H and O–H groups in total. The van der Waals surface area contributed by atoms with Gasteiger partial charge in [-0.25, -0.2) is 0 Å². The van der Waals surface area contributed by atoms with Gasteiger partial charge in [-0.3, -0.25) is 14.4 Å². The summed E-state index contributed by atoms with van der Waals surface area (Å²) in [7, 11) is 0. The van der Waals surface area contributed by atoms with Gasteiger partial charge in [0.2, 0.25) is 0 Å². The Kier molecular flexibility index (Phi) is 46.6. The molecule has 0 aliphatic carbocycles. The van der Waals surface area contributed by atoms with E-state index < -0.39 is 6.10 Å². The van der Waals surface area contributed by atoms with Crippen LogP contribution in [0.15, 0.2) is 0 Å². The summed E-state index contributed by atoms with van der Waals surface area (Å²) in [6, 6.07) is 0. The summed E-state index contributed by atoms with van der Waals surface area (Å²) in [5, 5.41) is 0. The Labute approximate surface area is 380 Å². The third-order valence-corrected chi connectivity index (χ3v) is 12.5. The standard InChI is InChI=1S/C55H106O6/c1-6-7-8-9-10-11-25-32-37-42-47-55(58)61-52(49-60-54(57)46-41-36-31-27-22-18-17-20-24-29-34-39-44-51(4)5)48-59-53(56)45-40-35-30-26-21-16-14-12-13-15-19-23-28-33-38-43-50(2)3/h50-52H,6-49H2,1-5H3/t52-/m1/s1. The van der Waals surface area contributed by atoms with Gasteiger partial charge in [-0.1, -0.05) is 266 Å². The first-order valence-electron chi connectivity index (χ1n) is 27.2. The highest BCUT2D eigenvalue weighted by molar-refractivity contribution is 5.71. The third kappa shape index (κ3) is 49.3. The van der Waals surface area contributed by atoms with Crippen LogP contribution in [0.25, 0.3) is 0 Å². The van der Waals surface area contributed by atoms with Crippen molar-refractivity contribution in [2.24, 2.45) is 11.8 Å². The Morgan fingerprint density at radius 1 is 0.311 bits per heavy atom. The summed E-state index contributed by atoms with van der Waals surface area (Å²) in [6.45, 7) is 11.4. The molecule has 0 amide bonds. The first-order valence-corrected chi connectivity index (χ1v) is 27.2. The van der Waals surface area contributed by atoms with Gasteiger partial charge in [-0.05, 0) is 31.1 Å². The van der Waals surface area contributed by atoms with Crippen molar-refractivity contribution in [3.8, 4) is 0 Å². The van der Waals surface area contributed by atoms with Crippen LogP contribution in [0, 0.1) is 11.8 Å². The zero-order valence-electron chi connectivity index (χ0n) is 41.8. The fourth-order valence-electron chi connectivity index (χ4n) is 8.34. The van der Waals surface area contributed by atoms with Gasteiger partial charge in [0.1, 0.15) is 13.2 Å². The van der Waals surface area contributed by atoms with Gasteiger partial charge >= 0.3 is 17.9 Å². The lowest BCUT2D eigenvalue weighted by atomic mass is 10.0. The average Bonchev–Trinajstić information content (AvgIpc) is 3.23. The molecule has 0 aliphatic heterocycles. The molecule has 0 aromatic rings. The SMILES string of the molecule is CCCCCCCCCCCCC(=O)O[C@H](COC(=O)CCCCCCCCCCCCCCCCCC(C)C)COC(=O)CCCCCCCCCCCCCCC(C)C. The smallest absolute Gasteiger partial charge is 0.306 e. The van der Waals surface area contributed by atoms with Gasteiger partial charge in [-0.15, -0.1) is 0 Å². The van der Waals surface area contributed by atoms with E-state index in [0.717, 1.165) is 69.6 Å². The molecule has 0 unspecified atom stereocenters. The predicted molar refractivity (Wildman–Crippen MR) is 261 cm³/mol. The lowest BCUT2D eigenvalue weighted by Crippen LogP contribution is -2.30. The van der Waals surface area contributed by atoms with Crippen molar-refractivity contribution in [3.63, 3.8) is 0 Å². The van der Waals surface area contributed by atoms with Crippen LogP contribution < -0.4 is 0 Å². The number of esters is 3. The summed E-state index contributed by atoms with van der Waals surface area (Å²) >= 11 is 0. The van der Waals surface area contributed by atoms with Crippen LogP contribution in [0.5, 0.6) is 0 Å². The number of hydrogen-bond donors (Lipinski definition) is 0. The molecule has 0 radical (unpaired) electrons. The lowest BCUT2D eigenvalue weighted by Gasteiger charge is -2.18. The van der Waals surface area contributed by atoms with Gasteiger partial charge in [0.05, 0.1) is 0 Å². The van der Waals surface area contributed by atoms with Crippen LogP contribution in [0.4, 0.5) is 0 Å². The topological polar surface area (TPSA) is 78.9 Å². The zero-order valence-corrected chi connectivity index (χ0v) is 41.8. The minimum atomic E-state index is -0.761. The van der Waals surface area contributed by atoms with Crippen LogP contribution in [0.1, 0.15) is 304 Å². The van der Waals surface area contributed by atoms with E-state index in [1.807, 2.05) is 0 Å². The molecular formula is C55H106O6. The second-order valence-electron chi connectivity index (χ2n) is 19.8. The van der Waals surface area contributed by atoms with Crippen molar-refractivity contribution in [2.45, 2.75) is 310 Å². The highest BCUT2D eigenvalue weighted by Gasteiger charge is 2.19. The summed E-state index contributed by atoms with van der Waals surface area (Å²) in [6.07, 6.45) is 49.5. The monoisotopic (exact) mass is 863 g/mol. The Balaban J connectivity index is 4.23. The zero-order chi connectivity index (χ0) is 44.7. The minimum Gasteiger partial charge on any atom is -0.462 e. The fraction of sp³-hybridized carbons (Fsp3) is 0.945. The molecule has 0 heterocycles. The maximum Gasteiger partial charge on any atom is 0.306 e. The van der Waals surface area contributed by atoms with Crippen molar-refractivity contribution in [1.82, 2.24) is 0 Å². The Hall–Kier alpha value is -1.59. The molecule has 362 valence electrons. The second kappa shape index (κ2) is 47.9. The molecule has 61 heavy (non-hydrogen) atoms. The van der Waals surface area contributed by atoms with Crippen molar-refractivity contribution < 1.29 is 28.6 Å². The summed E-state index contributed by atoms with van der Waals surface area (Å²) in [5.41, 5.74) is 0. The molecule has 6 nitrogen and oxygen atoms in total. The van der Waals surface area contributed by atoms with Crippen LogP contribution in [-0.4, -0.2) is 37.2 Å². The van der Waals surface area contributed by atoms with Crippen LogP contribution in [0.2, 0.25) is 0 Å². The number of hydrogen-bond acceptors (Lipinski definition) is 6. The summed E-state index contributed by atoms with van der Waals surface area (Å²) in [4.78, 5) is 38.0. The quantitative estimate of drug-likeness (QED) is 0.0344. The van der Waals surface area contributed by atoms with E-state index in [-0.39, 0.29) is 31.1 Å². The highest BCUT2D eigenvalue weighted by atomic mass is 16.6. The largest absolute Gasteiger partial charge is 0.462 e. The molecule has 6 heteroatoms. The Bertz CT molecular complexity index is 931. The Morgan fingerprint density at radius 2 is 0.541 bits per heavy atom. The van der Waals surface area contributed by atoms with Crippen LogP contribution in [0.3, 0.4) is 0 Å². The molecule has 0 aromatic heterocycles. The minimum absolute atomic E-state index is 0.0632. The molecular weight excluding hydrogens is 757 g/mol. The van der Waals surface area contributed by atoms with Crippen molar-refractivity contribution in [1.29, 1.82) is 0 Å². The molecule has 1 atom stereocenters. The summed E-state index contributed by atoms with van der Waals surface area (Å²) < 4.78 is 16.8. The molecule has 0 saturated carbocycles. The molecule has 0 rings (SSSR count). The van der Waals surface area contributed by atoms with Gasteiger partial charge in [0.25, 0.3) is 0 Å². The molecule has 0 spiro atoms. The van der Waals surface area contributed by atoms with E-state index in [9.17, 15) is 14.4 Å². The third-order valence-electron chi connectivity index (χ3n) is 12.5. The normalized spacial score (nSPS) is 12.0. The maximum absolute atomic E-state index is 12.8.